The van der Waals surface area contributed by atoms with Crippen LogP contribution in [0.25, 0.3) is 0 Å². The van der Waals surface area contributed by atoms with Crippen LogP contribution in [0.4, 0.5) is 4.39 Å². The molecule has 2 rings (SSSR count). The topological polar surface area (TPSA) is 30.5 Å². The fourth-order valence-electron chi connectivity index (χ4n) is 1.94. The third kappa shape index (κ3) is 4.09. The Balaban J connectivity index is 2.13. The molecule has 0 aliphatic heterocycles. The molecule has 0 atom stereocenters. The summed E-state index contributed by atoms with van der Waals surface area (Å²) in [5.74, 6) is 1.06. The zero-order valence-electron chi connectivity index (χ0n) is 12.0. The van der Waals surface area contributed by atoms with Gasteiger partial charge in [-0.1, -0.05) is 17.7 Å². The highest BCUT2D eigenvalue weighted by Gasteiger charge is 2.07. The zero-order valence-corrected chi connectivity index (χ0v) is 12.7. The molecule has 3 nitrogen and oxygen atoms in total. The monoisotopic (exact) mass is 309 g/mol. The first-order valence-corrected chi connectivity index (χ1v) is 6.90. The molecule has 0 amide bonds. The van der Waals surface area contributed by atoms with E-state index >= 15 is 0 Å². The lowest BCUT2D eigenvalue weighted by Gasteiger charge is -2.13. The van der Waals surface area contributed by atoms with Gasteiger partial charge < -0.3 is 14.8 Å². The Labute approximate surface area is 128 Å². The van der Waals surface area contributed by atoms with Gasteiger partial charge in [0, 0.05) is 12.1 Å². The van der Waals surface area contributed by atoms with Crippen molar-refractivity contribution >= 4 is 11.6 Å². The van der Waals surface area contributed by atoms with Crippen molar-refractivity contribution < 1.29 is 13.9 Å². The van der Waals surface area contributed by atoms with Crippen molar-refractivity contribution in [2.45, 2.75) is 13.2 Å². The summed E-state index contributed by atoms with van der Waals surface area (Å²) >= 11 is 5.66. The first-order chi connectivity index (χ1) is 10.1. The van der Waals surface area contributed by atoms with Gasteiger partial charge in [-0.3, -0.25) is 0 Å². The predicted octanol–water partition coefficient (Wildman–Crippen LogP) is 3.79. The Morgan fingerprint density at radius 1 is 1.19 bits per heavy atom. The lowest BCUT2D eigenvalue weighted by Crippen LogP contribution is -2.08. The molecule has 0 aliphatic rings. The second-order valence-electron chi connectivity index (χ2n) is 4.54. The minimum absolute atomic E-state index is 0.110. The molecular weight excluding hydrogens is 293 g/mol. The number of methoxy groups -OCH3 is 1. The van der Waals surface area contributed by atoms with Crippen LogP contribution in [0.1, 0.15) is 11.1 Å². The number of hydrogen-bond donors (Lipinski definition) is 1. The van der Waals surface area contributed by atoms with Crippen LogP contribution < -0.4 is 14.8 Å². The molecule has 0 unspecified atom stereocenters. The van der Waals surface area contributed by atoms with E-state index in [-0.39, 0.29) is 11.6 Å². The van der Waals surface area contributed by atoms with Gasteiger partial charge in [-0.05, 0) is 42.9 Å². The van der Waals surface area contributed by atoms with Crippen molar-refractivity contribution in [1.29, 1.82) is 0 Å². The van der Waals surface area contributed by atoms with Gasteiger partial charge in [0.25, 0.3) is 0 Å². The lowest BCUT2D eigenvalue weighted by atomic mass is 10.2. The lowest BCUT2D eigenvalue weighted by molar-refractivity contribution is 0.301. The molecule has 0 saturated heterocycles. The second-order valence-corrected chi connectivity index (χ2v) is 4.95. The van der Waals surface area contributed by atoms with Crippen LogP contribution in [0, 0.1) is 5.82 Å². The molecule has 0 bridgehead atoms. The van der Waals surface area contributed by atoms with Crippen LogP contribution in [-0.4, -0.2) is 14.2 Å². The van der Waals surface area contributed by atoms with Gasteiger partial charge in [-0.15, -0.1) is 0 Å². The minimum atomic E-state index is -0.442. The van der Waals surface area contributed by atoms with Crippen molar-refractivity contribution in [2.24, 2.45) is 0 Å². The number of hydrogen-bond acceptors (Lipinski definition) is 3. The summed E-state index contributed by atoms with van der Waals surface area (Å²) in [7, 11) is 3.48. The Hall–Kier alpha value is -1.78. The molecule has 0 fully saturated rings. The number of ether oxygens (including phenoxy) is 2. The third-order valence-electron chi connectivity index (χ3n) is 3.01. The minimum Gasteiger partial charge on any atom is -0.497 e. The van der Waals surface area contributed by atoms with E-state index in [4.69, 9.17) is 21.1 Å². The summed E-state index contributed by atoms with van der Waals surface area (Å²) < 4.78 is 24.4. The molecule has 5 heteroatoms. The van der Waals surface area contributed by atoms with E-state index in [9.17, 15) is 4.39 Å². The highest BCUT2D eigenvalue weighted by molar-refractivity contribution is 6.30. The molecule has 2 aromatic rings. The quantitative estimate of drug-likeness (QED) is 0.880. The molecule has 0 saturated carbocycles. The number of nitrogens with one attached hydrogen (secondary N) is 1. The van der Waals surface area contributed by atoms with E-state index in [1.165, 1.54) is 12.1 Å². The van der Waals surface area contributed by atoms with Crippen molar-refractivity contribution in [1.82, 2.24) is 5.32 Å². The van der Waals surface area contributed by atoms with Gasteiger partial charge in [0.2, 0.25) is 0 Å². The summed E-state index contributed by atoms with van der Waals surface area (Å²) in [4.78, 5) is 0. The predicted molar refractivity (Wildman–Crippen MR) is 81.5 cm³/mol. The average Bonchev–Trinajstić information content (AvgIpc) is 2.49. The Kier molecular flexibility index (Phi) is 5.42. The van der Waals surface area contributed by atoms with E-state index in [1.807, 2.05) is 25.2 Å². The van der Waals surface area contributed by atoms with Gasteiger partial charge in [-0.25, -0.2) is 4.39 Å². The second kappa shape index (κ2) is 7.29. The van der Waals surface area contributed by atoms with Gasteiger partial charge in [0.15, 0.2) is 0 Å². The number of halogens is 2. The molecule has 0 heterocycles. The van der Waals surface area contributed by atoms with Gasteiger partial charge >= 0.3 is 0 Å². The van der Waals surface area contributed by atoms with E-state index in [2.05, 4.69) is 5.32 Å². The van der Waals surface area contributed by atoms with Gasteiger partial charge in [0.1, 0.15) is 23.9 Å². The summed E-state index contributed by atoms with van der Waals surface area (Å²) in [6.45, 7) is 0.929. The normalized spacial score (nSPS) is 10.5. The maximum Gasteiger partial charge on any atom is 0.142 e. The largest absolute Gasteiger partial charge is 0.497 e. The Morgan fingerprint density at radius 2 is 2.00 bits per heavy atom. The van der Waals surface area contributed by atoms with Crippen LogP contribution >= 0.6 is 11.6 Å². The van der Waals surface area contributed by atoms with E-state index < -0.39 is 5.82 Å². The standard InChI is InChI=1S/C16H17ClFNO2/c1-19-9-12-8-13(20-2)4-6-16(12)21-10-11-3-5-14(17)15(18)7-11/h3-8,19H,9-10H2,1-2H3. The van der Waals surface area contributed by atoms with Gasteiger partial charge in [0.05, 0.1) is 12.1 Å². The fourth-order valence-corrected chi connectivity index (χ4v) is 2.06. The molecular formula is C16H17ClFNO2. The van der Waals surface area contributed by atoms with Crippen molar-refractivity contribution in [2.75, 3.05) is 14.2 Å². The van der Waals surface area contributed by atoms with Gasteiger partial charge in [-0.2, -0.15) is 0 Å². The Morgan fingerprint density at radius 3 is 2.67 bits per heavy atom. The average molecular weight is 310 g/mol. The van der Waals surface area contributed by atoms with Crippen molar-refractivity contribution in [3.63, 3.8) is 0 Å². The maximum absolute atomic E-state index is 13.4. The zero-order chi connectivity index (χ0) is 15.2. The molecule has 0 spiro atoms. The SMILES string of the molecule is CNCc1cc(OC)ccc1OCc1ccc(Cl)c(F)c1. The van der Waals surface area contributed by atoms with Crippen molar-refractivity contribution in [3.8, 4) is 11.5 Å². The molecule has 0 radical (unpaired) electrons. The van der Waals surface area contributed by atoms with Crippen molar-refractivity contribution in [3.05, 3.63) is 58.4 Å². The first-order valence-electron chi connectivity index (χ1n) is 6.52. The van der Waals surface area contributed by atoms with E-state index in [0.29, 0.717) is 6.54 Å². The Bertz CT molecular complexity index is 619. The van der Waals surface area contributed by atoms with Crippen LogP contribution in [0.3, 0.4) is 0 Å². The first kappa shape index (κ1) is 15.6. The van der Waals surface area contributed by atoms with Crippen LogP contribution in [0.2, 0.25) is 5.02 Å². The summed E-state index contributed by atoms with van der Waals surface area (Å²) in [6, 6.07) is 10.2. The number of rotatable bonds is 6. The van der Waals surface area contributed by atoms with Crippen LogP contribution in [-0.2, 0) is 13.2 Å². The maximum atomic E-state index is 13.4. The molecule has 2 aromatic carbocycles. The van der Waals surface area contributed by atoms with E-state index in [1.54, 1.807) is 13.2 Å². The summed E-state index contributed by atoms with van der Waals surface area (Å²) in [6.07, 6.45) is 0. The third-order valence-corrected chi connectivity index (χ3v) is 3.32. The van der Waals surface area contributed by atoms with Crippen LogP contribution in [0.5, 0.6) is 11.5 Å². The molecule has 112 valence electrons. The summed E-state index contributed by atoms with van der Waals surface area (Å²) in [5, 5.41) is 3.19. The van der Waals surface area contributed by atoms with E-state index in [0.717, 1.165) is 22.6 Å². The molecule has 1 N–H and O–H groups in total. The number of benzene rings is 2. The highest BCUT2D eigenvalue weighted by Crippen LogP contribution is 2.25. The molecule has 0 aliphatic carbocycles. The highest BCUT2D eigenvalue weighted by atomic mass is 35.5. The molecule has 21 heavy (non-hydrogen) atoms. The smallest absolute Gasteiger partial charge is 0.142 e. The summed E-state index contributed by atoms with van der Waals surface area (Å²) in [5.41, 5.74) is 1.70. The fraction of sp³-hybridized carbons (Fsp3) is 0.250. The van der Waals surface area contributed by atoms with Crippen LogP contribution in [0.15, 0.2) is 36.4 Å². The molecule has 0 aromatic heterocycles.